The third kappa shape index (κ3) is 2.36. The first kappa shape index (κ1) is 17.0. The van der Waals surface area contributed by atoms with Crippen LogP contribution in [0.2, 0.25) is 0 Å². The number of fused-ring (bicyclic) bond motifs is 4. The molecule has 0 amide bonds. The zero-order valence-electron chi connectivity index (χ0n) is 15.6. The van der Waals surface area contributed by atoms with Crippen molar-refractivity contribution < 1.29 is 4.79 Å². The molecule has 0 aliphatic carbocycles. The number of nitrogen functional groups attached to an aromatic ring is 1. The van der Waals surface area contributed by atoms with Crippen molar-refractivity contribution in [1.29, 1.82) is 0 Å². The SMILES string of the molecule is CC(C)c1ccc2c(N)c(C(=O)n3c4ccccc4c4ccccc43)sc2n1. The summed E-state index contributed by atoms with van der Waals surface area (Å²) in [6.45, 7) is 4.21. The van der Waals surface area contributed by atoms with Crippen LogP contribution >= 0.6 is 11.3 Å². The van der Waals surface area contributed by atoms with Crippen LogP contribution in [0.4, 0.5) is 5.69 Å². The van der Waals surface area contributed by atoms with Crippen molar-refractivity contribution >= 4 is 55.0 Å². The second kappa shape index (κ2) is 6.17. The van der Waals surface area contributed by atoms with Gasteiger partial charge in [0.15, 0.2) is 0 Å². The Morgan fingerprint density at radius 1 is 0.929 bits per heavy atom. The Morgan fingerprint density at radius 3 is 2.14 bits per heavy atom. The number of hydrogen-bond donors (Lipinski definition) is 1. The highest BCUT2D eigenvalue weighted by Gasteiger charge is 2.23. The lowest BCUT2D eigenvalue weighted by atomic mass is 10.1. The zero-order chi connectivity index (χ0) is 19.4. The lowest BCUT2D eigenvalue weighted by Gasteiger charge is -2.05. The summed E-state index contributed by atoms with van der Waals surface area (Å²) in [7, 11) is 0. The molecule has 3 aromatic heterocycles. The van der Waals surface area contributed by atoms with Crippen LogP contribution in [0.1, 0.15) is 35.1 Å². The number of pyridine rings is 1. The van der Waals surface area contributed by atoms with Gasteiger partial charge >= 0.3 is 0 Å². The summed E-state index contributed by atoms with van der Waals surface area (Å²) < 4.78 is 1.77. The molecular weight excluding hydrogens is 366 g/mol. The molecule has 0 aliphatic heterocycles. The third-order valence-corrected chi connectivity index (χ3v) is 6.29. The number of para-hydroxylation sites is 2. The highest BCUT2D eigenvalue weighted by Crippen LogP contribution is 2.36. The van der Waals surface area contributed by atoms with Crippen molar-refractivity contribution in [2.24, 2.45) is 0 Å². The molecular formula is C23H19N3OS. The normalized spacial score (nSPS) is 11.8. The second-order valence-electron chi connectivity index (χ2n) is 7.26. The van der Waals surface area contributed by atoms with Crippen LogP contribution in [-0.4, -0.2) is 15.5 Å². The van der Waals surface area contributed by atoms with E-state index < -0.39 is 0 Å². The Morgan fingerprint density at radius 2 is 1.54 bits per heavy atom. The maximum Gasteiger partial charge on any atom is 0.275 e. The molecule has 0 spiro atoms. The summed E-state index contributed by atoms with van der Waals surface area (Å²) in [6, 6.07) is 19.9. The maximum atomic E-state index is 13.6. The van der Waals surface area contributed by atoms with Crippen LogP contribution in [0, 0.1) is 0 Å². The van der Waals surface area contributed by atoms with Crippen molar-refractivity contribution in [2.45, 2.75) is 19.8 Å². The van der Waals surface area contributed by atoms with E-state index in [1.165, 1.54) is 11.3 Å². The van der Waals surface area contributed by atoms with Crippen molar-refractivity contribution in [1.82, 2.24) is 9.55 Å². The maximum absolute atomic E-state index is 13.6. The molecule has 0 unspecified atom stereocenters. The van der Waals surface area contributed by atoms with Crippen LogP contribution in [0.25, 0.3) is 32.0 Å². The minimum absolute atomic E-state index is 0.107. The topological polar surface area (TPSA) is 60.9 Å². The number of rotatable bonds is 2. The lowest BCUT2D eigenvalue weighted by molar-refractivity contribution is 0.0974. The number of hydrogen-bond acceptors (Lipinski definition) is 4. The number of carbonyl (C=O) groups is 1. The Hall–Kier alpha value is -3.18. The van der Waals surface area contributed by atoms with Crippen LogP contribution in [0.5, 0.6) is 0 Å². The quantitative estimate of drug-likeness (QED) is 0.418. The summed E-state index contributed by atoms with van der Waals surface area (Å²) in [4.78, 5) is 19.7. The highest BCUT2D eigenvalue weighted by molar-refractivity contribution is 7.21. The van der Waals surface area contributed by atoms with Crippen LogP contribution in [-0.2, 0) is 0 Å². The fourth-order valence-corrected chi connectivity index (χ4v) is 4.77. The summed E-state index contributed by atoms with van der Waals surface area (Å²) in [6.07, 6.45) is 0. The predicted molar refractivity (Wildman–Crippen MR) is 117 cm³/mol. The van der Waals surface area contributed by atoms with Gasteiger partial charge in [-0.05, 0) is 30.2 Å². The van der Waals surface area contributed by atoms with Gasteiger partial charge in [0.05, 0.1) is 16.7 Å². The standard InChI is InChI=1S/C23H19N3OS/c1-13(2)17-12-11-16-20(24)21(28-22(16)25-17)23(27)26-18-9-5-3-7-14(18)15-8-4-6-10-19(15)26/h3-13H,24H2,1-2H3. The Bertz CT molecular complexity index is 1320. The molecule has 3 heterocycles. The van der Waals surface area contributed by atoms with E-state index in [-0.39, 0.29) is 5.91 Å². The van der Waals surface area contributed by atoms with Crippen molar-refractivity contribution in [3.05, 3.63) is 71.2 Å². The number of aromatic nitrogens is 2. The van der Waals surface area contributed by atoms with Gasteiger partial charge in [-0.3, -0.25) is 9.36 Å². The van der Waals surface area contributed by atoms with Gasteiger partial charge in [0.25, 0.3) is 5.91 Å². The van der Waals surface area contributed by atoms with Gasteiger partial charge in [-0.2, -0.15) is 0 Å². The first-order chi connectivity index (χ1) is 13.6. The van der Waals surface area contributed by atoms with Gasteiger partial charge in [-0.25, -0.2) is 4.98 Å². The van der Waals surface area contributed by atoms with E-state index in [4.69, 9.17) is 10.7 Å². The van der Waals surface area contributed by atoms with Crippen molar-refractivity contribution in [2.75, 3.05) is 5.73 Å². The van der Waals surface area contributed by atoms with E-state index in [1.807, 2.05) is 60.7 Å². The monoisotopic (exact) mass is 385 g/mol. The first-order valence-corrected chi connectivity index (χ1v) is 10.1. The fraction of sp³-hybridized carbons (Fsp3) is 0.130. The number of carbonyl (C=O) groups excluding carboxylic acids is 1. The molecule has 5 heteroatoms. The number of anilines is 1. The molecule has 28 heavy (non-hydrogen) atoms. The van der Waals surface area contributed by atoms with Gasteiger partial charge in [-0.1, -0.05) is 50.2 Å². The Kier molecular flexibility index (Phi) is 3.74. The van der Waals surface area contributed by atoms with Crippen molar-refractivity contribution in [3.63, 3.8) is 0 Å². The largest absolute Gasteiger partial charge is 0.397 e. The fourth-order valence-electron chi connectivity index (χ4n) is 3.73. The number of benzene rings is 2. The molecule has 2 aromatic carbocycles. The lowest BCUT2D eigenvalue weighted by Crippen LogP contribution is -2.11. The van der Waals surface area contributed by atoms with E-state index >= 15 is 0 Å². The molecule has 0 fully saturated rings. The minimum atomic E-state index is -0.107. The molecule has 0 bridgehead atoms. The van der Waals surface area contributed by atoms with Crippen LogP contribution < -0.4 is 5.73 Å². The first-order valence-electron chi connectivity index (χ1n) is 9.28. The molecule has 0 saturated carbocycles. The highest BCUT2D eigenvalue weighted by atomic mass is 32.1. The number of thiophene rings is 1. The molecule has 0 radical (unpaired) electrons. The van der Waals surface area contributed by atoms with Crippen molar-refractivity contribution in [3.8, 4) is 0 Å². The van der Waals surface area contributed by atoms with Gasteiger partial charge in [0.2, 0.25) is 0 Å². The second-order valence-corrected chi connectivity index (χ2v) is 8.26. The van der Waals surface area contributed by atoms with E-state index in [1.54, 1.807) is 4.57 Å². The molecule has 0 atom stereocenters. The third-order valence-electron chi connectivity index (χ3n) is 5.18. The summed E-state index contributed by atoms with van der Waals surface area (Å²) >= 11 is 1.37. The van der Waals surface area contributed by atoms with Gasteiger partial charge in [0.1, 0.15) is 9.71 Å². The molecule has 5 rings (SSSR count). The summed E-state index contributed by atoms with van der Waals surface area (Å²) in [5.74, 6) is 0.216. The van der Waals surface area contributed by atoms with E-state index in [9.17, 15) is 4.79 Å². The van der Waals surface area contributed by atoms with Crippen LogP contribution in [0.15, 0.2) is 60.7 Å². The number of nitrogens with zero attached hydrogens (tertiary/aromatic N) is 2. The van der Waals surface area contributed by atoms with Gasteiger partial charge in [-0.15, -0.1) is 11.3 Å². The Balaban J connectivity index is 1.77. The van der Waals surface area contributed by atoms with E-state index in [2.05, 4.69) is 13.8 Å². The molecule has 4 nitrogen and oxygen atoms in total. The zero-order valence-corrected chi connectivity index (χ0v) is 16.5. The average molecular weight is 385 g/mol. The van der Waals surface area contributed by atoms with E-state index in [0.717, 1.165) is 37.7 Å². The Labute approximate surface area is 166 Å². The minimum Gasteiger partial charge on any atom is -0.397 e. The molecule has 0 saturated heterocycles. The molecule has 5 aromatic rings. The molecule has 138 valence electrons. The van der Waals surface area contributed by atoms with Gasteiger partial charge < -0.3 is 5.73 Å². The predicted octanol–water partition coefficient (Wildman–Crippen LogP) is 5.80. The number of nitrogens with two attached hydrogens (primary N) is 1. The van der Waals surface area contributed by atoms with Crippen LogP contribution in [0.3, 0.4) is 0 Å². The summed E-state index contributed by atoms with van der Waals surface area (Å²) in [5.41, 5.74) is 9.69. The smallest absolute Gasteiger partial charge is 0.275 e. The average Bonchev–Trinajstić information content (AvgIpc) is 3.22. The van der Waals surface area contributed by atoms with E-state index in [0.29, 0.717) is 16.5 Å². The molecule has 0 aliphatic rings. The van der Waals surface area contributed by atoms with Gasteiger partial charge in [0, 0.05) is 21.9 Å². The summed E-state index contributed by atoms with van der Waals surface area (Å²) in [5, 5.41) is 2.97. The molecule has 2 N–H and O–H groups in total.